The van der Waals surface area contributed by atoms with E-state index in [0.717, 1.165) is 23.6 Å². The molecule has 1 N–H and O–H groups in total. The van der Waals surface area contributed by atoms with Gasteiger partial charge in [-0.3, -0.25) is 4.98 Å². The lowest BCUT2D eigenvalue weighted by molar-refractivity contribution is 1.12. The van der Waals surface area contributed by atoms with Crippen molar-refractivity contribution in [2.45, 2.75) is 6.92 Å². The summed E-state index contributed by atoms with van der Waals surface area (Å²) >= 11 is 0. The highest BCUT2D eigenvalue weighted by molar-refractivity contribution is 5.72. The number of benzene rings is 1. The molecule has 0 bridgehead atoms. The zero-order valence-corrected chi connectivity index (χ0v) is 11.0. The van der Waals surface area contributed by atoms with E-state index in [4.69, 9.17) is 0 Å². The first kappa shape index (κ1) is 12.4. The zero-order valence-electron chi connectivity index (χ0n) is 11.0. The van der Waals surface area contributed by atoms with Crippen molar-refractivity contribution < 1.29 is 0 Å². The summed E-state index contributed by atoms with van der Waals surface area (Å²) in [5, 5.41) is 3.23. The van der Waals surface area contributed by atoms with Crippen LogP contribution < -0.4 is 10.2 Å². The van der Waals surface area contributed by atoms with Crippen LogP contribution in [0, 0.1) is 0 Å². The van der Waals surface area contributed by atoms with Crippen molar-refractivity contribution in [2.75, 3.05) is 30.9 Å². The molecular weight excluding hydrogens is 224 g/mol. The number of hydrogen-bond donors (Lipinski definition) is 1. The predicted octanol–water partition coefficient (Wildman–Crippen LogP) is 2.64. The zero-order chi connectivity index (χ0) is 13.0. The van der Waals surface area contributed by atoms with Crippen LogP contribution in [-0.4, -0.2) is 30.6 Å². The van der Waals surface area contributed by atoms with Crippen LogP contribution in [0.5, 0.6) is 0 Å². The minimum Gasteiger partial charge on any atom is -0.378 e. The molecule has 0 saturated carbocycles. The second-order valence-corrected chi connectivity index (χ2v) is 4.23. The number of hydrogen-bond acceptors (Lipinski definition) is 4. The smallest absolute Gasteiger partial charge is 0.152 e. The quantitative estimate of drug-likeness (QED) is 0.895. The van der Waals surface area contributed by atoms with Gasteiger partial charge in [-0.1, -0.05) is 12.1 Å². The van der Waals surface area contributed by atoms with E-state index in [1.54, 1.807) is 12.4 Å². The molecule has 4 heteroatoms. The summed E-state index contributed by atoms with van der Waals surface area (Å²) in [6.07, 6.45) is 3.42. The third-order valence-corrected chi connectivity index (χ3v) is 2.70. The van der Waals surface area contributed by atoms with Crippen LogP contribution in [-0.2, 0) is 0 Å². The van der Waals surface area contributed by atoms with Crippen LogP contribution in [0.2, 0.25) is 0 Å². The fourth-order valence-electron chi connectivity index (χ4n) is 1.76. The van der Waals surface area contributed by atoms with Gasteiger partial charge < -0.3 is 10.2 Å². The van der Waals surface area contributed by atoms with Gasteiger partial charge in [0.25, 0.3) is 0 Å². The van der Waals surface area contributed by atoms with Crippen LogP contribution in [0.25, 0.3) is 11.3 Å². The second kappa shape index (κ2) is 5.49. The van der Waals surface area contributed by atoms with Crippen LogP contribution in [0.4, 0.5) is 11.5 Å². The van der Waals surface area contributed by atoms with Gasteiger partial charge in [0.2, 0.25) is 0 Å². The van der Waals surface area contributed by atoms with E-state index >= 15 is 0 Å². The Bertz CT molecular complexity index is 505. The van der Waals surface area contributed by atoms with Crippen molar-refractivity contribution in [3.8, 4) is 11.3 Å². The molecule has 1 heterocycles. The van der Waals surface area contributed by atoms with Crippen molar-refractivity contribution in [1.29, 1.82) is 0 Å². The molecule has 2 aromatic rings. The van der Waals surface area contributed by atoms with Gasteiger partial charge in [0.15, 0.2) is 5.82 Å². The molecule has 0 spiro atoms. The number of nitrogens with one attached hydrogen (secondary N) is 1. The fraction of sp³-hybridized carbons (Fsp3) is 0.286. The van der Waals surface area contributed by atoms with Crippen LogP contribution in [0.15, 0.2) is 36.7 Å². The summed E-state index contributed by atoms with van der Waals surface area (Å²) < 4.78 is 0. The molecule has 0 radical (unpaired) electrons. The van der Waals surface area contributed by atoms with Crippen molar-refractivity contribution in [2.24, 2.45) is 0 Å². The molecule has 1 aromatic heterocycles. The molecular formula is C14H18N4. The molecule has 0 fully saturated rings. The van der Waals surface area contributed by atoms with Crippen molar-refractivity contribution in [1.82, 2.24) is 9.97 Å². The maximum atomic E-state index is 4.40. The minimum atomic E-state index is 0.831. The van der Waals surface area contributed by atoms with Gasteiger partial charge in [-0.2, -0.15) is 0 Å². The Balaban J connectivity index is 2.36. The van der Waals surface area contributed by atoms with Crippen LogP contribution in [0.1, 0.15) is 6.92 Å². The highest BCUT2D eigenvalue weighted by atomic mass is 15.1. The fourth-order valence-corrected chi connectivity index (χ4v) is 1.76. The second-order valence-electron chi connectivity index (χ2n) is 4.23. The van der Waals surface area contributed by atoms with Crippen molar-refractivity contribution in [3.63, 3.8) is 0 Å². The average Bonchev–Trinajstić information content (AvgIpc) is 2.40. The molecule has 94 valence electrons. The van der Waals surface area contributed by atoms with E-state index in [1.807, 2.05) is 21.0 Å². The SMILES string of the molecule is CCNc1nccnc1-c1ccc(N(C)C)cc1. The standard InChI is InChI=1S/C14H18N4/c1-4-15-14-13(16-9-10-17-14)11-5-7-12(8-6-11)18(2)3/h5-10H,4H2,1-3H3,(H,15,17). The van der Waals surface area contributed by atoms with E-state index in [-0.39, 0.29) is 0 Å². The van der Waals surface area contributed by atoms with Gasteiger partial charge in [0, 0.05) is 44.3 Å². The first-order valence-corrected chi connectivity index (χ1v) is 6.05. The van der Waals surface area contributed by atoms with E-state index in [1.165, 1.54) is 5.69 Å². The first-order chi connectivity index (χ1) is 8.72. The molecule has 0 saturated heterocycles. The summed E-state index contributed by atoms with van der Waals surface area (Å²) in [6, 6.07) is 8.31. The topological polar surface area (TPSA) is 41.1 Å². The van der Waals surface area contributed by atoms with Gasteiger partial charge in [0.05, 0.1) is 0 Å². The van der Waals surface area contributed by atoms with Gasteiger partial charge in [-0.05, 0) is 19.1 Å². The van der Waals surface area contributed by atoms with Crippen molar-refractivity contribution >= 4 is 11.5 Å². The van der Waals surface area contributed by atoms with E-state index < -0.39 is 0 Å². The summed E-state index contributed by atoms with van der Waals surface area (Å²) in [7, 11) is 4.06. The van der Waals surface area contributed by atoms with Crippen LogP contribution >= 0.6 is 0 Å². The Labute approximate surface area is 108 Å². The molecule has 0 aliphatic heterocycles. The van der Waals surface area contributed by atoms with Crippen LogP contribution in [0.3, 0.4) is 0 Å². The molecule has 2 rings (SSSR count). The highest BCUT2D eigenvalue weighted by Gasteiger charge is 2.06. The Morgan fingerprint density at radius 1 is 1.06 bits per heavy atom. The number of nitrogens with zero attached hydrogens (tertiary/aromatic N) is 3. The first-order valence-electron chi connectivity index (χ1n) is 6.05. The lowest BCUT2D eigenvalue weighted by Gasteiger charge is -2.13. The molecule has 0 aliphatic rings. The monoisotopic (exact) mass is 242 g/mol. The maximum absolute atomic E-state index is 4.40. The summed E-state index contributed by atoms with van der Waals surface area (Å²) in [6.45, 7) is 2.88. The highest BCUT2D eigenvalue weighted by Crippen LogP contribution is 2.25. The van der Waals surface area contributed by atoms with Gasteiger partial charge in [-0.25, -0.2) is 4.98 Å². The van der Waals surface area contributed by atoms with E-state index in [0.29, 0.717) is 0 Å². The van der Waals surface area contributed by atoms with Gasteiger partial charge in [-0.15, -0.1) is 0 Å². The molecule has 4 nitrogen and oxygen atoms in total. The number of anilines is 2. The normalized spacial score (nSPS) is 10.2. The molecule has 0 aliphatic carbocycles. The average molecular weight is 242 g/mol. The Kier molecular flexibility index (Phi) is 3.77. The molecule has 1 aromatic carbocycles. The lowest BCUT2D eigenvalue weighted by atomic mass is 10.1. The van der Waals surface area contributed by atoms with Gasteiger partial charge in [0.1, 0.15) is 5.69 Å². The molecule has 0 atom stereocenters. The Morgan fingerprint density at radius 3 is 2.33 bits per heavy atom. The van der Waals surface area contributed by atoms with E-state index in [9.17, 15) is 0 Å². The maximum Gasteiger partial charge on any atom is 0.152 e. The van der Waals surface area contributed by atoms with Gasteiger partial charge >= 0.3 is 0 Å². The van der Waals surface area contributed by atoms with E-state index in [2.05, 4.69) is 44.5 Å². The molecule has 0 unspecified atom stereocenters. The summed E-state index contributed by atoms with van der Waals surface area (Å²) in [5.41, 5.74) is 3.14. The number of rotatable bonds is 4. The third-order valence-electron chi connectivity index (χ3n) is 2.70. The molecule has 0 amide bonds. The Morgan fingerprint density at radius 2 is 1.72 bits per heavy atom. The number of aromatic nitrogens is 2. The lowest BCUT2D eigenvalue weighted by Crippen LogP contribution is -2.08. The Hall–Kier alpha value is -2.10. The summed E-state index contributed by atoms with van der Waals surface area (Å²) in [5.74, 6) is 0.831. The minimum absolute atomic E-state index is 0.831. The predicted molar refractivity (Wildman–Crippen MR) is 76.0 cm³/mol. The van der Waals surface area contributed by atoms with Crippen molar-refractivity contribution in [3.05, 3.63) is 36.7 Å². The largest absolute Gasteiger partial charge is 0.378 e. The third kappa shape index (κ3) is 2.59. The summed E-state index contributed by atoms with van der Waals surface area (Å²) in [4.78, 5) is 10.8. The molecule has 18 heavy (non-hydrogen) atoms.